The van der Waals surface area contributed by atoms with E-state index in [2.05, 4.69) is 11.3 Å². The summed E-state index contributed by atoms with van der Waals surface area (Å²) in [5.74, 6) is 0.281. The van der Waals surface area contributed by atoms with E-state index in [0.29, 0.717) is 0 Å². The van der Waals surface area contributed by atoms with Crippen LogP contribution in [0.1, 0.15) is 20.8 Å². The van der Waals surface area contributed by atoms with Crippen molar-refractivity contribution in [2.24, 2.45) is 5.92 Å². The molecule has 0 bridgehead atoms. The first kappa shape index (κ1) is 11.6. The molecule has 1 heterocycles. The quantitative estimate of drug-likeness (QED) is 0.697. The molecule has 1 saturated heterocycles. The van der Waals surface area contributed by atoms with E-state index in [1.165, 1.54) is 19.4 Å². The molecule has 1 aliphatic heterocycles. The summed E-state index contributed by atoms with van der Waals surface area (Å²) < 4.78 is 13.4. The molecule has 0 aliphatic carbocycles. The van der Waals surface area contributed by atoms with Crippen LogP contribution in [0.2, 0.25) is 0 Å². The molecule has 1 fully saturated rings. The van der Waals surface area contributed by atoms with E-state index in [1.54, 1.807) is 0 Å². The van der Waals surface area contributed by atoms with Gasteiger partial charge in [-0.2, -0.15) is 0 Å². The molecule has 0 aromatic rings. The number of ether oxygens (including phenoxy) is 2. The molecule has 0 aromatic carbocycles. The minimum absolute atomic E-state index is 0.0856. The summed E-state index contributed by atoms with van der Waals surface area (Å²) in [6.07, 6.45) is 0.452. The standard InChI is InChI=1S/C9H15BO2.W/c1-5(2)11-8-6(3)9(10)12-7(8)4;/h4-9H,1-3H3;/t6-,7+,8?,9+;/m0./s1. The van der Waals surface area contributed by atoms with Gasteiger partial charge in [0.25, 0.3) is 0 Å². The van der Waals surface area contributed by atoms with Gasteiger partial charge in [0, 0.05) is 0 Å². The van der Waals surface area contributed by atoms with Gasteiger partial charge in [-0.3, -0.25) is 0 Å². The molecule has 2 nitrogen and oxygen atoms in total. The molecule has 72 valence electrons. The Morgan fingerprint density at radius 3 is 2.62 bits per heavy atom. The summed E-state index contributed by atoms with van der Waals surface area (Å²) >= 11 is 1.40. The summed E-state index contributed by atoms with van der Waals surface area (Å²) in [4.78, 5) is 0. The molecule has 0 amide bonds. The molecule has 0 aromatic heterocycles. The van der Waals surface area contributed by atoms with E-state index in [4.69, 9.17) is 17.3 Å². The van der Waals surface area contributed by atoms with Crippen molar-refractivity contribution in [3.63, 3.8) is 0 Å². The van der Waals surface area contributed by atoms with Gasteiger partial charge in [-0.15, -0.1) is 0 Å². The van der Waals surface area contributed by atoms with E-state index in [1.807, 2.05) is 13.8 Å². The van der Waals surface area contributed by atoms with Crippen molar-refractivity contribution < 1.29 is 28.8 Å². The molecule has 0 saturated carbocycles. The van der Waals surface area contributed by atoms with Gasteiger partial charge in [-0.05, 0) is 0 Å². The van der Waals surface area contributed by atoms with Crippen molar-refractivity contribution in [1.82, 2.24) is 0 Å². The van der Waals surface area contributed by atoms with E-state index in [-0.39, 0.29) is 30.2 Å². The molecular weight excluding hydrogens is 335 g/mol. The van der Waals surface area contributed by atoms with Crippen molar-refractivity contribution in [2.45, 2.75) is 45.1 Å². The Balaban J connectivity index is 2.62. The summed E-state index contributed by atoms with van der Waals surface area (Å²) in [5.41, 5.74) is 0. The third-order valence-electron chi connectivity index (χ3n) is 2.24. The molecular formula is C9H15BO2W. The summed E-state index contributed by atoms with van der Waals surface area (Å²) in [7, 11) is 5.80. The molecule has 0 spiro atoms. The van der Waals surface area contributed by atoms with Crippen molar-refractivity contribution in [3.8, 4) is 0 Å². The van der Waals surface area contributed by atoms with Gasteiger partial charge in [0.05, 0.1) is 0 Å². The average molecular weight is 350 g/mol. The third-order valence-corrected chi connectivity index (χ3v) is 3.20. The fraction of sp³-hybridized carbons (Fsp3) is 0.889. The molecule has 13 heavy (non-hydrogen) atoms. The number of hydrogen-bond donors (Lipinski definition) is 0. The number of hydrogen-bond acceptors (Lipinski definition) is 2. The molecule has 0 N–H and O–H groups in total. The maximum absolute atomic E-state index is 5.80. The van der Waals surface area contributed by atoms with E-state index >= 15 is 0 Å². The van der Waals surface area contributed by atoms with Gasteiger partial charge in [0.1, 0.15) is 0 Å². The predicted molar refractivity (Wildman–Crippen MR) is 49.7 cm³/mol. The van der Waals surface area contributed by atoms with Crippen LogP contribution in [0.3, 0.4) is 0 Å². The van der Waals surface area contributed by atoms with Gasteiger partial charge >= 0.3 is 92.1 Å². The van der Waals surface area contributed by atoms with Crippen LogP contribution in [0.25, 0.3) is 0 Å². The fourth-order valence-electron chi connectivity index (χ4n) is 1.49. The van der Waals surface area contributed by atoms with Crippen LogP contribution in [0, 0.1) is 5.92 Å². The second-order valence-corrected chi connectivity index (χ2v) is 4.69. The zero-order valence-electron chi connectivity index (χ0n) is 8.27. The fourth-order valence-corrected chi connectivity index (χ4v) is 2.28. The SMILES string of the molecule is [B][C@@H]1O[C@H]([CH]=[W])C(OC(C)C)[C@@H]1C. The molecule has 4 atom stereocenters. The Kier molecular flexibility index (Phi) is 4.34. The third kappa shape index (κ3) is 2.74. The Morgan fingerprint density at radius 1 is 1.54 bits per heavy atom. The summed E-state index contributed by atoms with van der Waals surface area (Å²) in [6, 6.07) is -0.177. The van der Waals surface area contributed by atoms with Crippen LogP contribution in [0.4, 0.5) is 0 Å². The molecule has 1 unspecified atom stereocenters. The second-order valence-electron chi connectivity index (χ2n) is 3.71. The van der Waals surface area contributed by atoms with Gasteiger partial charge < -0.3 is 0 Å². The minimum atomic E-state index is -0.177. The van der Waals surface area contributed by atoms with E-state index < -0.39 is 0 Å². The summed E-state index contributed by atoms with van der Waals surface area (Å²) in [6.45, 7) is 6.16. The van der Waals surface area contributed by atoms with Crippen molar-refractivity contribution in [3.05, 3.63) is 0 Å². The zero-order valence-corrected chi connectivity index (χ0v) is 11.2. The molecule has 1 rings (SSSR count). The predicted octanol–water partition coefficient (Wildman–Crippen LogP) is 0.658. The molecule has 1 aliphatic rings. The van der Waals surface area contributed by atoms with Crippen molar-refractivity contribution >= 4 is 12.2 Å². The van der Waals surface area contributed by atoms with Crippen LogP contribution in [-0.4, -0.2) is 36.6 Å². The Labute approximate surface area is 92.2 Å². The first-order chi connectivity index (χ1) is 6.06. The topological polar surface area (TPSA) is 18.5 Å². The van der Waals surface area contributed by atoms with E-state index in [9.17, 15) is 0 Å². The monoisotopic (exact) mass is 350 g/mol. The Bertz CT molecular complexity index is 186. The molecule has 2 radical (unpaired) electrons. The average Bonchev–Trinajstić information content (AvgIpc) is 2.31. The van der Waals surface area contributed by atoms with Crippen molar-refractivity contribution in [1.29, 1.82) is 0 Å². The van der Waals surface area contributed by atoms with Gasteiger partial charge in [0.2, 0.25) is 0 Å². The second kappa shape index (κ2) is 4.86. The number of rotatable bonds is 3. The van der Waals surface area contributed by atoms with Gasteiger partial charge in [-0.25, -0.2) is 0 Å². The normalized spacial score (nSPS) is 39.7. The summed E-state index contributed by atoms with van der Waals surface area (Å²) in [5, 5.41) is 0. The van der Waals surface area contributed by atoms with Crippen LogP contribution >= 0.6 is 0 Å². The first-order valence-electron chi connectivity index (χ1n) is 4.58. The van der Waals surface area contributed by atoms with Crippen LogP contribution in [0.15, 0.2) is 0 Å². The zero-order chi connectivity index (χ0) is 10.0. The van der Waals surface area contributed by atoms with E-state index in [0.717, 1.165) is 0 Å². The molecule has 4 heteroatoms. The van der Waals surface area contributed by atoms with Crippen molar-refractivity contribution in [2.75, 3.05) is 0 Å². The Hall–Kier alpha value is 0.543. The first-order valence-corrected chi connectivity index (χ1v) is 6.27. The Morgan fingerprint density at radius 2 is 2.15 bits per heavy atom. The maximum atomic E-state index is 5.80. The van der Waals surface area contributed by atoms with Gasteiger partial charge in [0.15, 0.2) is 0 Å². The van der Waals surface area contributed by atoms with Crippen LogP contribution < -0.4 is 0 Å². The van der Waals surface area contributed by atoms with Crippen LogP contribution in [0.5, 0.6) is 0 Å². The van der Waals surface area contributed by atoms with Gasteiger partial charge in [-0.1, -0.05) is 0 Å². The van der Waals surface area contributed by atoms with Crippen LogP contribution in [-0.2, 0) is 28.8 Å².